The lowest BCUT2D eigenvalue weighted by atomic mass is 9.83. The second kappa shape index (κ2) is 9.44. The average Bonchev–Trinajstić information content (AvgIpc) is 3.55. The van der Waals surface area contributed by atoms with Crippen LogP contribution in [0, 0.1) is 0 Å². The molecule has 43 heavy (non-hydrogen) atoms. The molecule has 1 heterocycles. The van der Waals surface area contributed by atoms with Crippen molar-refractivity contribution in [3.8, 4) is 33.4 Å². The Kier molecular flexibility index (Phi) is 3.67. The Balaban J connectivity index is 1.43. The number of rotatable bonds is 3. The summed E-state index contributed by atoms with van der Waals surface area (Å²) in [7, 11) is 0. The Morgan fingerprint density at radius 2 is 1.00 bits per heavy atom. The van der Waals surface area contributed by atoms with Crippen molar-refractivity contribution in [1.29, 1.82) is 0 Å². The fourth-order valence-corrected chi connectivity index (χ4v) is 6.47. The average molecular weight is 556 g/mol. The standard InChI is InChI=1S/C42H26O/c1-2-12-27(13-3-1)30-15-6-7-17-32(30)41-35-20-10-8-18-33(35)40(34-19-9-11-21-36(34)41)29-23-24-38-37(26-29)42-31-16-5-4-14-28(31)22-25-39(42)43-38/h1-26H/i1D,2D,3D,6D,7D,12D,13D,15D,17D. The minimum absolute atomic E-state index is 0.0613. The largest absolute Gasteiger partial charge is 0.456 e. The summed E-state index contributed by atoms with van der Waals surface area (Å²) in [6.07, 6.45) is 0. The molecular weight excluding hydrogens is 520 g/mol. The summed E-state index contributed by atoms with van der Waals surface area (Å²) in [6, 6.07) is 28.9. The number of hydrogen-bond acceptors (Lipinski definition) is 1. The van der Waals surface area contributed by atoms with Gasteiger partial charge in [-0.3, -0.25) is 0 Å². The van der Waals surface area contributed by atoms with E-state index in [1.165, 1.54) is 0 Å². The summed E-state index contributed by atoms with van der Waals surface area (Å²) < 4.78 is 84.6. The molecule has 0 bridgehead atoms. The number of furan rings is 1. The van der Waals surface area contributed by atoms with Crippen LogP contribution in [0.15, 0.2) is 162 Å². The van der Waals surface area contributed by atoms with E-state index in [4.69, 9.17) is 15.4 Å². The monoisotopic (exact) mass is 555 g/mol. The van der Waals surface area contributed by atoms with Gasteiger partial charge in [-0.2, -0.15) is 0 Å². The molecule has 1 nitrogen and oxygen atoms in total. The highest BCUT2D eigenvalue weighted by molar-refractivity contribution is 6.24. The zero-order chi connectivity index (χ0) is 36.2. The van der Waals surface area contributed by atoms with E-state index in [0.29, 0.717) is 16.3 Å². The van der Waals surface area contributed by atoms with Gasteiger partial charge in [0.15, 0.2) is 0 Å². The molecular formula is C42H26O. The van der Waals surface area contributed by atoms with Crippen LogP contribution in [0.25, 0.3) is 87.6 Å². The number of benzene rings is 8. The van der Waals surface area contributed by atoms with Crippen LogP contribution in [0.2, 0.25) is 0 Å². The second-order valence-corrected chi connectivity index (χ2v) is 10.6. The van der Waals surface area contributed by atoms with Gasteiger partial charge in [-0.1, -0.05) is 139 Å². The van der Waals surface area contributed by atoms with Crippen LogP contribution in [-0.2, 0) is 0 Å². The summed E-state index contributed by atoms with van der Waals surface area (Å²) in [4.78, 5) is 0. The maximum absolute atomic E-state index is 9.28. The summed E-state index contributed by atoms with van der Waals surface area (Å²) in [6.45, 7) is 0. The van der Waals surface area contributed by atoms with Crippen LogP contribution in [0.1, 0.15) is 12.3 Å². The van der Waals surface area contributed by atoms with Crippen LogP contribution >= 0.6 is 0 Å². The predicted octanol–water partition coefficient (Wildman–Crippen LogP) is 12.0. The maximum Gasteiger partial charge on any atom is 0.136 e. The van der Waals surface area contributed by atoms with Gasteiger partial charge < -0.3 is 4.42 Å². The zero-order valence-corrected chi connectivity index (χ0v) is 22.7. The van der Waals surface area contributed by atoms with Crippen molar-refractivity contribution in [3.63, 3.8) is 0 Å². The molecule has 0 spiro atoms. The first-order valence-electron chi connectivity index (χ1n) is 18.5. The van der Waals surface area contributed by atoms with Gasteiger partial charge in [0, 0.05) is 10.8 Å². The molecule has 0 aliphatic carbocycles. The van der Waals surface area contributed by atoms with Gasteiger partial charge in [-0.25, -0.2) is 0 Å². The Morgan fingerprint density at radius 1 is 0.419 bits per heavy atom. The third-order valence-electron chi connectivity index (χ3n) is 8.27. The SMILES string of the molecule is [2H]c1c([2H])c([2H])c(-c2c([2H])c([2H])c([2H])c([2H])c2-c2c3ccccc3c(-c3ccc4oc5ccc6ccccc6c5c4c3)c3ccccc23)c([2H])c1[2H]. The molecule has 8 aromatic carbocycles. The normalized spacial score (nSPS) is 14.7. The van der Waals surface area contributed by atoms with Gasteiger partial charge in [0.25, 0.3) is 0 Å². The summed E-state index contributed by atoms with van der Waals surface area (Å²) in [5.74, 6) is 0. The van der Waals surface area contributed by atoms with E-state index in [1.807, 2.05) is 78.9 Å². The third-order valence-corrected chi connectivity index (χ3v) is 8.27. The van der Waals surface area contributed by atoms with Gasteiger partial charge >= 0.3 is 0 Å². The van der Waals surface area contributed by atoms with Crippen molar-refractivity contribution in [1.82, 2.24) is 0 Å². The van der Waals surface area contributed by atoms with Crippen molar-refractivity contribution in [2.45, 2.75) is 0 Å². The number of hydrogen-bond donors (Lipinski definition) is 0. The first-order valence-corrected chi connectivity index (χ1v) is 14.0. The molecule has 0 fully saturated rings. The molecule has 0 saturated heterocycles. The quantitative estimate of drug-likeness (QED) is 0.198. The molecule has 0 atom stereocenters. The molecule has 9 aromatic rings. The minimum Gasteiger partial charge on any atom is -0.456 e. The zero-order valence-electron chi connectivity index (χ0n) is 31.7. The van der Waals surface area contributed by atoms with E-state index in [9.17, 15) is 1.37 Å². The second-order valence-electron chi connectivity index (χ2n) is 10.6. The van der Waals surface area contributed by atoms with Crippen molar-refractivity contribution >= 4 is 54.3 Å². The summed E-state index contributed by atoms with van der Waals surface area (Å²) >= 11 is 0. The molecule has 1 heteroatoms. The molecule has 0 aliphatic rings. The molecule has 1 aromatic heterocycles. The Hall–Kier alpha value is -5.66. The van der Waals surface area contributed by atoms with Gasteiger partial charge in [0.05, 0.1) is 12.3 Å². The van der Waals surface area contributed by atoms with E-state index in [0.717, 1.165) is 54.6 Å². The maximum atomic E-state index is 9.28. The molecule has 0 N–H and O–H groups in total. The van der Waals surface area contributed by atoms with Crippen molar-refractivity contribution in [3.05, 3.63) is 158 Å². The summed E-state index contributed by atoms with van der Waals surface area (Å²) in [5.41, 5.74) is 3.48. The van der Waals surface area contributed by atoms with Crippen molar-refractivity contribution in [2.24, 2.45) is 0 Å². The van der Waals surface area contributed by atoms with Crippen LogP contribution in [0.5, 0.6) is 0 Å². The summed E-state index contributed by atoms with van der Waals surface area (Å²) in [5, 5.41) is 7.14. The van der Waals surface area contributed by atoms with E-state index < -0.39 is 48.3 Å². The Bertz CT molecular complexity index is 2930. The third kappa shape index (κ3) is 3.65. The van der Waals surface area contributed by atoms with Crippen LogP contribution in [0.3, 0.4) is 0 Å². The smallest absolute Gasteiger partial charge is 0.136 e. The highest BCUT2D eigenvalue weighted by Gasteiger charge is 2.20. The molecule has 0 saturated carbocycles. The van der Waals surface area contributed by atoms with E-state index >= 15 is 0 Å². The van der Waals surface area contributed by atoms with E-state index in [1.54, 1.807) is 0 Å². The van der Waals surface area contributed by atoms with Crippen LogP contribution < -0.4 is 0 Å². The molecule has 0 aliphatic heterocycles. The fraction of sp³-hybridized carbons (Fsp3) is 0. The van der Waals surface area contributed by atoms with Crippen LogP contribution in [0.4, 0.5) is 0 Å². The lowest BCUT2D eigenvalue weighted by Gasteiger charge is -2.19. The molecule has 9 rings (SSSR count). The molecule has 0 unspecified atom stereocenters. The molecule has 200 valence electrons. The van der Waals surface area contributed by atoms with Crippen molar-refractivity contribution < 1.29 is 16.8 Å². The lowest BCUT2D eigenvalue weighted by Crippen LogP contribution is -1.92. The van der Waals surface area contributed by atoms with E-state index in [2.05, 4.69) is 24.3 Å². The van der Waals surface area contributed by atoms with Gasteiger partial charge in [0.2, 0.25) is 0 Å². The first kappa shape index (κ1) is 16.7. The van der Waals surface area contributed by atoms with Gasteiger partial charge in [-0.05, 0) is 83.9 Å². The Morgan fingerprint density at radius 3 is 1.72 bits per heavy atom. The molecule has 0 amide bonds. The highest BCUT2D eigenvalue weighted by atomic mass is 16.3. The lowest BCUT2D eigenvalue weighted by molar-refractivity contribution is 0.669. The molecule has 0 radical (unpaired) electrons. The van der Waals surface area contributed by atoms with Gasteiger partial charge in [-0.15, -0.1) is 0 Å². The Labute approximate surface area is 261 Å². The topological polar surface area (TPSA) is 13.1 Å². The fourth-order valence-electron chi connectivity index (χ4n) is 6.47. The van der Waals surface area contributed by atoms with E-state index in [-0.39, 0.29) is 22.7 Å². The minimum atomic E-state index is -0.589. The van der Waals surface area contributed by atoms with Crippen LogP contribution in [-0.4, -0.2) is 0 Å². The highest BCUT2D eigenvalue weighted by Crippen LogP contribution is 2.47. The first-order chi connectivity index (χ1) is 25.1. The number of fused-ring (bicyclic) bond motifs is 7. The van der Waals surface area contributed by atoms with Gasteiger partial charge in [0.1, 0.15) is 11.2 Å². The predicted molar refractivity (Wildman–Crippen MR) is 183 cm³/mol. The van der Waals surface area contributed by atoms with Crippen molar-refractivity contribution in [2.75, 3.05) is 0 Å².